The van der Waals surface area contributed by atoms with E-state index in [2.05, 4.69) is 22.4 Å². The monoisotopic (exact) mass is 259 g/mol. The number of hydrogen-bond acceptors (Lipinski definition) is 3. The van der Waals surface area contributed by atoms with Crippen molar-refractivity contribution in [3.8, 4) is 0 Å². The van der Waals surface area contributed by atoms with Crippen LogP contribution in [0.2, 0.25) is 0 Å². The van der Waals surface area contributed by atoms with Crippen molar-refractivity contribution in [2.75, 3.05) is 5.32 Å². The third kappa shape index (κ3) is 3.84. The number of hydrogen-bond donors (Lipinski definition) is 2. The molecule has 2 heterocycles. The van der Waals surface area contributed by atoms with Crippen molar-refractivity contribution >= 4 is 17.8 Å². The predicted octanol–water partition coefficient (Wildman–Crippen LogP) is 2.92. The van der Waals surface area contributed by atoms with Crippen molar-refractivity contribution in [1.82, 2.24) is 10.2 Å². The molecule has 1 amide bonds. The fraction of sp³-hybridized carbons (Fsp3) is 0.286. The number of amides is 1. The summed E-state index contributed by atoms with van der Waals surface area (Å²) in [5, 5.41) is 9.59. The van der Waals surface area contributed by atoms with Gasteiger partial charge in [0.15, 0.2) is 5.82 Å². The number of aryl methyl sites for hydroxylation is 2. The largest absolute Gasteiger partial charge is 0.462 e. The van der Waals surface area contributed by atoms with Gasteiger partial charge in [-0.2, -0.15) is 5.10 Å². The molecule has 0 saturated carbocycles. The minimum Gasteiger partial charge on any atom is -0.462 e. The van der Waals surface area contributed by atoms with Crippen LogP contribution in [0.15, 0.2) is 28.7 Å². The maximum absolute atomic E-state index is 11.7. The van der Waals surface area contributed by atoms with Gasteiger partial charge in [-0.25, -0.2) is 0 Å². The van der Waals surface area contributed by atoms with E-state index in [1.54, 1.807) is 6.08 Å². The average Bonchev–Trinajstić information content (AvgIpc) is 2.97. The second kappa shape index (κ2) is 6.04. The molecule has 0 spiro atoms. The first-order valence-corrected chi connectivity index (χ1v) is 6.27. The van der Waals surface area contributed by atoms with E-state index in [9.17, 15) is 4.79 Å². The number of aromatic nitrogens is 2. The number of nitrogens with zero attached hydrogens (tertiary/aromatic N) is 1. The zero-order chi connectivity index (χ0) is 13.7. The predicted molar refractivity (Wildman–Crippen MR) is 73.7 cm³/mol. The summed E-state index contributed by atoms with van der Waals surface area (Å²) in [6.45, 7) is 3.95. The smallest absolute Gasteiger partial charge is 0.249 e. The number of anilines is 1. The Morgan fingerprint density at radius 2 is 2.37 bits per heavy atom. The average molecular weight is 259 g/mol. The van der Waals surface area contributed by atoms with Crippen molar-refractivity contribution in [2.24, 2.45) is 0 Å². The molecule has 100 valence electrons. The molecule has 0 aliphatic heterocycles. The molecule has 0 fully saturated rings. The van der Waals surface area contributed by atoms with Gasteiger partial charge in [-0.15, -0.1) is 0 Å². The summed E-state index contributed by atoms with van der Waals surface area (Å²) in [5.74, 6) is 1.77. The molecule has 0 atom stereocenters. The Morgan fingerprint density at radius 3 is 3.05 bits per heavy atom. The Bertz CT molecular complexity index is 581. The van der Waals surface area contributed by atoms with Crippen molar-refractivity contribution in [3.05, 3.63) is 41.5 Å². The van der Waals surface area contributed by atoms with Crippen LogP contribution in [-0.4, -0.2) is 16.1 Å². The minimum atomic E-state index is -0.233. The maximum Gasteiger partial charge on any atom is 0.249 e. The zero-order valence-electron chi connectivity index (χ0n) is 11.1. The van der Waals surface area contributed by atoms with Gasteiger partial charge in [-0.05, 0) is 31.6 Å². The molecule has 0 unspecified atom stereocenters. The molecule has 5 nitrogen and oxygen atoms in total. The van der Waals surface area contributed by atoms with Crippen LogP contribution in [-0.2, 0) is 11.2 Å². The highest BCUT2D eigenvalue weighted by molar-refractivity contribution is 6.01. The first-order chi connectivity index (χ1) is 9.17. The molecule has 0 saturated heterocycles. The number of aromatic amines is 1. The van der Waals surface area contributed by atoms with Gasteiger partial charge in [-0.1, -0.05) is 13.3 Å². The normalized spacial score (nSPS) is 11.1. The summed E-state index contributed by atoms with van der Waals surface area (Å²) in [6.07, 6.45) is 5.01. The van der Waals surface area contributed by atoms with E-state index in [4.69, 9.17) is 4.42 Å². The third-order valence-corrected chi connectivity index (χ3v) is 2.56. The third-order valence-electron chi connectivity index (χ3n) is 2.56. The van der Waals surface area contributed by atoms with Crippen LogP contribution in [0, 0.1) is 6.92 Å². The molecule has 2 rings (SSSR count). The summed E-state index contributed by atoms with van der Waals surface area (Å²) < 4.78 is 5.33. The van der Waals surface area contributed by atoms with Gasteiger partial charge >= 0.3 is 0 Å². The van der Waals surface area contributed by atoms with E-state index < -0.39 is 0 Å². The van der Waals surface area contributed by atoms with E-state index in [0.29, 0.717) is 11.6 Å². The number of nitrogens with one attached hydrogen (secondary N) is 2. The Hall–Kier alpha value is -2.30. The summed E-state index contributed by atoms with van der Waals surface area (Å²) in [4.78, 5) is 11.7. The molecule has 0 radical (unpaired) electrons. The van der Waals surface area contributed by atoms with Crippen LogP contribution < -0.4 is 5.32 Å². The lowest BCUT2D eigenvalue weighted by Crippen LogP contribution is -2.07. The maximum atomic E-state index is 11.7. The van der Waals surface area contributed by atoms with Gasteiger partial charge in [0, 0.05) is 17.8 Å². The Morgan fingerprint density at radius 1 is 1.53 bits per heavy atom. The lowest BCUT2D eigenvalue weighted by molar-refractivity contribution is -0.111. The Labute approximate surface area is 111 Å². The fourth-order valence-corrected chi connectivity index (χ4v) is 1.69. The van der Waals surface area contributed by atoms with Gasteiger partial charge in [0.1, 0.15) is 11.5 Å². The molecule has 0 aliphatic rings. The van der Waals surface area contributed by atoms with E-state index in [0.717, 1.165) is 24.3 Å². The zero-order valence-corrected chi connectivity index (χ0v) is 11.1. The van der Waals surface area contributed by atoms with Crippen molar-refractivity contribution < 1.29 is 9.21 Å². The van der Waals surface area contributed by atoms with Gasteiger partial charge in [0.2, 0.25) is 5.91 Å². The van der Waals surface area contributed by atoms with Crippen molar-refractivity contribution in [2.45, 2.75) is 26.7 Å². The summed E-state index contributed by atoms with van der Waals surface area (Å²) in [7, 11) is 0. The van der Waals surface area contributed by atoms with Crippen LogP contribution in [0.1, 0.15) is 30.6 Å². The van der Waals surface area contributed by atoms with Crippen LogP contribution in [0.4, 0.5) is 5.82 Å². The molecular formula is C14H17N3O2. The lowest BCUT2D eigenvalue weighted by atomic mass is 10.2. The van der Waals surface area contributed by atoms with Crippen molar-refractivity contribution in [3.63, 3.8) is 0 Å². The SMILES string of the molecule is CCCc1cc(NC(=O)/C=C/c2ccc(C)o2)n[nH]1. The highest BCUT2D eigenvalue weighted by Crippen LogP contribution is 2.09. The number of furan rings is 1. The van der Waals surface area contributed by atoms with Crippen LogP contribution in [0.25, 0.3) is 6.08 Å². The van der Waals surface area contributed by atoms with E-state index in [-0.39, 0.29) is 5.91 Å². The molecule has 0 bridgehead atoms. The Balaban J connectivity index is 1.91. The quantitative estimate of drug-likeness (QED) is 0.811. The molecule has 5 heteroatoms. The van der Waals surface area contributed by atoms with Crippen LogP contribution in [0.5, 0.6) is 0 Å². The molecule has 0 aromatic carbocycles. The summed E-state index contributed by atoms with van der Waals surface area (Å²) in [5.41, 5.74) is 1.02. The number of H-pyrrole nitrogens is 1. The first kappa shape index (κ1) is 13.1. The van der Waals surface area contributed by atoms with Gasteiger partial charge in [-0.3, -0.25) is 9.89 Å². The lowest BCUT2D eigenvalue weighted by Gasteiger charge is -1.94. The van der Waals surface area contributed by atoms with Gasteiger partial charge < -0.3 is 9.73 Å². The van der Waals surface area contributed by atoms with Crippen LogP contribution in [0.3, 0.4) is 0 Å². The topological polar surface area (TPSA) is 70.9 Å². The van der Waals surface area contributed by atoms with Gasteiger partial charge in [0.25, 0.3) is 0 Å². The second-order valence-corrected chi connectivity index (χ2v) is 4.30. The molecule has 19 heavy (non-hydrogen) atoms. The number of carbonyl (C=O) groups excluding carboxylic acids is 1. The van der Waals surface area contributed by atoms with Gasteiger partial charge in [0.05, 0.1) is 0 Å². The highest BCUT2D eigenvalue weighted by atomic mass is 16.3. The fourth-order valence-electron chi connectivity index (χ4n) is 1.69. The molecule has 0 aliphatic carbocycles. The highest BCUT2D eigenvalue weighted by Gasteiger charge is 2.03. The molecule has 2 aromatic rings. The number of rotatable bonds is 5. The van der Waals surface area contributed by atoms with E-state index in [1.165, 1.54) is 6.08 Å². The van der Waals surface area contributed by atoms with E-state index in [1.807, 2.05) is 25.1 Å². The summed E-state index contributed by atoms with van der Waals surface area (Å²) >= 11 is 0. The second-order valence-electron chi connectivity index (χ2n) is 4.30. The van der Waals surface area contributed by atoms with Crippen molar-refractivity contribution in [1.29, 1.82) is 0 Å². The van der Waals surface area contributed by atoms with Crippen LogP contribution >= 0.6 is 0 Å². The molecule has 2 N–H and O–H groups in total. The molecule has 2 aromatic heterocycles. The molecular weight excluding hydrogens is 242 g/mol. The minimum absolute atomic E-state index is 0.233. The first-order valence-electron chi connectivity index (χ1n) is 6.27. The Kier molecular flexibility index (Phi) is 4.18. The summed E-state index contributed by atoms with van der Waals surface area (Å²) in [6, 6.07) is 5.50. The van der Waals surface area contributed by atoms with E-state index >= 15 is 0 Å². The standard InChI is InChI=1S/C14H17N3O2/c1-3-4-11-9-13(17-16-11)15-14(18)8-7-12-6-5-10(2)19-12/h5-9H,3-4H2,1-2H3,(H2,15,16,17,18)/b8-7+. The number of carbonyl (C=O) groups is 1.